The lowest BCUT2D eigenvalue weighted by molar-refractivity contribution is -0.119. The van der Waals surface area contributed by atoms with Gasteiger partial charge in [0.1, 0.15) is 11.5 Å². The summed E-state index contributed by atoms with van der Waals surface area (Å²) in [7, 11) is -2.59. The summed E-state index contributed by atoms with van der Waals surface area (Å²) in [4.78, 5) is 24.1. The molecular weight excluding hydrogens is 544 g/mol. The van der Waals surface area contributed by atoms with Crippen LogP contribution in [-0.4, -0.2) is 40.2 Å². The Kier molecular flexibility index (Phi) is 9.33. The summed E-state index contributed by atoms with van der Waals surface area (Å²) in [6, 6.07) is 28.2. The number of para-hydroxylation sites is 1. The predicted octanol–water partition coefficient (Wildman–Crippen LogP) is 3.72. The zero-order valence-electron chi connectivity index (χ0n) is 22.1. The van der Waals surface area contributed by atoms with Crippen LogP contribution in [-0.2, 0) is 21.4 Å². The van der Waals surface area contributed by atoms with Gasteiger partial charge in [-0.15, -0.1) is 0 Å². The number of hydrazone groups is 1. The zero-order chi connectivity index (χ0) is 29.2. The van der Waals surface area contributed by atoms with Gasteiger partial charge >= 0.3 is 0 Å². The molecule has 0 spiro atoms. The molecular formula is C30H28N4O6S. The molecule has 3 N–H and O–H groups in total. The number of sulfonamides is 1. The second-order valence-corrected chi connectivity index (χ2v) is 10.6. The second kappa shape index (κ2) is 13.3. The monoisotopic (exact) mass is 572 g/mol. The first kappa shape index (κ1) is 28.8. The van der Waals surface area contributed by atoms with Crippen molar-refractivity contribution in [3.63, 3.8) is 0 Å². The Morgan fingerprint density at radius 1 is 0.878 bits per heavy atom. The number of methoxy groups -OCH3 is 1. The first-order chi connectivity index (χ1) is 19.8. The topological polar surface area (TPSA) is 140 Å². The number of hydrogen-bond acceptors (Lipinski definition) is 7. The van der Waals surface area contributed by atoms with Crippen LogP contribution in [0.2, 0.25) is 0 Å². The Bertz CT molecular complexity index is 1620. The van der Waals surface area contributed by atoms with E-state index >= 15 is 0 Å². The SMILES string of the molecule is COc1ccc(S(=O)(=O)N(Cc2ccccc2)c2ccccc2C(=O)N/N=C/c2ccc(OCC(N)=O)cc2)cc1. The first-order valence-electron chi connectivity index (χ1n) is 12.4. The fraction of sp³-hybridized carbons (Fsp3) is 0.100. The molecule has 0 aliphatic rings. The predicted molar refractivity (Wildman–Crippen MR) is 155 cm³/mol. The molecule has 0 saturated carbocycles. The van der Waals surface area contributed by atoms with E-state index < -0.39 is 21.8 Å². The van der Waals surface area contributed by atoms with Gasteiger partial charge in [-0.05, 0) is 71.8 Å². The van der Waals surface area contributed by atoms with Gasteiger partial charge in [0, 0.05) is 0 Å². The van der Waals surface area contributed by atoms with Crippen molar-refractivity contribution in [1.82, 2.24) is 5.43 Å². The molecule has 0 bridgehead atoms. The fourth-order valence-electron chi connectivity index (χ4n) is 3.84. The van der Waals surface area contributed by atoms with E-state index in [0.717, 1.165) is 5.56 Å². The maximum atomic E-state index is 13.9. The van der Waals surface area contributed by atoms with Crippen LogP contribution in [0.15, 0.2) is 113 Å². The number of anilines is 1. The Balaban J connectivity index is 1.60. The summed E-state index contributed by atoms with van der Waals surface area (Å²) in [5.74, 6) is -0.210. The standard InChI is InChI=1S/C30H28N4O6S/c1-39-24-15-17-26(18-16-24)41(37,38)34(20-23-7-3-2-4-8-23)28-10-6-5-9-27(28)30(36)33-32-19-22-11-13-25(14-12-22)40-21-29(31)35/h2-19H,20-21H2,1H3,(H2,31,35)(H,33,36)/b32-19+. The van der Waals surface area contributed by atoms with Crippen molar-refractivity contribution in [3.8, 4) is 11.5 Å². The van der Waals surface area contributed by atoms with E-state index in [1.807, 2.05) is 30.3 Å². The third-order valence-corrected chi connectivity index (χ3v) is 7.65. The average Bonchev–Trinajstić information content (AvgIpc) is 3.00. The van der Waals surface area contributed by atoms with Crippen LogP contribution < -0.4 is 24.9 Å². The second-order valence-electron chi connectivity index (χ2n) is 8.71. The minimum absolute atomic E-state index is 0.00701. The summed E-state index contributed by atoms with van der Waals surface area (Å²) in [6.45, 7) is -0.245. The van der Waals surface area contributed by atoms with Crippen molar-refractivity contribution >= 4 is 33.7 Å². The number of ether oxygens (including phenoxy) is 2. The van der Waals surface area contributed by atoms with E-state index in [1.165, 1.54) is 35.8 Å². The fourth-order valence-corrected chi connectivity index (χ4v) is 5.31. The van der Waals surface area contributed by atoms with Gasteiger partial charge in [-0.2, -0.15) is 5.10 Å². The van der Waals surface area contributed by atoms with Gasteiger partial charge < -0.3 is 15.2 Å². The molecule has 0 radical (unpaired) electrons. The van der Waals surface area contributed by atoms with Crippen LogP contribution >= 0.6 is 0 Å². The zero-order valence-corrected chi connectivity index (χ0v) is 23.0. The van der Waals surface area contributed by atoms with Crippen molar-refractivity contribution in [1.29, 1.82) is 0 Å². The molecule has 4 aromatic rings. The average molecular weight is 573 g/mol. The van der Waals surface area contributed by atoms with E-state index in [1.54, 1.807) is 54.6 Å². The van der Waals surface area contributed by atoms with Crippen LogP contribution in [0.1, 0.15) is 21.5 Å². The number of rotatable bonds is 12. The molecule has 0 unspecified atom stereocenters. The molecule has 41 heavy (non-hydrogen) atoms. The summed E-state index contributed by atoms with van der Waals surface area (Å²) < 4.78 is 39.4. The molecule has 0 fully saturated rings. The number of nitrogens with zero attached hydrogens (tertiary/aromatic N) is 2. The van der Waals surface area contributed by atoms with E-state index in [9.17, 15) is 18.0 Å². The van der Waals surface area contributed by atoms with Crippen molar-refractivity contribution < 1.29 is 27.5 Å². The maximum absolute atomic E-state index is 13.9. The molecule has 0 atom stereocenters. The quantitative estimate of drug-likeness (QED) is 0.196. The largest absolute Gasteiger partial charge is 0.497 e. The minimum Gasteiger partial charge on any atom is -0.497 e. The van der Waals surface area contributed by atoms with Gasteiger partial charge in [-0.25, -0.2) is 13.8 Å². The molecule has 4 aromatic carbocycles. The van der Waals surface area contributed by atoms with Crippen molar-refractivity contribution in [2.75, 3.05) is 18.0 Å². The molecule has 0 saturated heterocycles. The molecule has 0 heterocycles. The minimum atomic E-state index is -4.09. The van der Waals surface area contributed by atoms with Crippen molar-refractivity contribution in [3.05, 3.63) is 120 Å². The highest BCUT2D eigenvalue weighted by Crippen LogP contribution is 2.30. The number of amides is 2. The van der Waals surface area contributed by atoms with Crippen LogP contribution in [0.25, 0.3) is 0 Å². The highest BCUT2D eigenvalue weighted by atomic mass is 32.2. The third-order valence-electron chi connectivity index (χ3n) is 5.87. The number of carbonyl (C=O) groups is 2. The van der Waals surface area contributed by atoms with E-state index in [2.05, 4.69) is 10.5 Å². The van der Waals surface area contributed by atoms with Gasteiger partial charge in [0.05, 0.1) is 36.0 Å². The van der Waals surface area contributed by atoms with Gasteiger partial charge in [0.25, 0.3) is 21.8 Å². The molecule has 11 heteroatoms. The number of benzene rings is 4. The number of primary amides is 1. The molecule has 210 valence electrons. The molecule has 0 aliphatic heterocycles. The van der Waals surface area contributed by atoms with Crippen LogP contribution in [0, 0.1) is 0 Å². The van der Waals surface area contributed by atoms with Gasteiger partial charge in [-0.3, -0.25) is 13.9 Å². The maximum Gasteiger partial charge on any atom is 0.273 e. The normalized spacial score (nSPS) is 11.1. The van der Waals surface area contributed by atoms with Crippen LogP contribution in [0.5, 0.6) is 11.5 Å². The highest BCUT2D eigenvalue weighted by molar-refractivity contribution is 7.92. The Morgan fingerprint density at radius 3 is 2.17 bits per heavy atom. The number of carbonyl (C=O) groups excluding carboxylic acids is 2. The summed E-state index contributed by atoms with van der Waals surface area (Å²) in [5.41, 5.74) is 9.24. The number of hydrogen-bond donors (Lipinski definition) is 2. The van der Waals surface area contributed by atoms with Gasteiger partial charge in [-0.1, -0.05) is 42.5 Å². The lowest BCUT2D eigenvalue weighted by Gasteiger charge is -2.26. The van der Waals surface area contributed by atoms with Crippen LogP contribution in [0.4, 0.5) is 5.69 Å². The molecule has 0 aromatic heterocycles. The van der Waals surface area contributed by atoms with Gasteiger partial charge in [0.2, 0.25) is 0 Å². The lowest BCUT2D eigenvalue weighted by Crippen LogP contribution is -2.33. The van der Waals surface area contributed by atoms with Crippen molar-refractivity contribution in [2.24, 2.45) is 10.8 Å². The number of nitrogens with two attached hydrogens (primary N) is 1. The molecule has 4 rings (SSSR count). The summed E-state index contributed by atoms with van der Waals surface area (Å²) in [5, 5.41) is 4.02. The molecule has 2 amide bonds. The number of nitrogens with one attached hydrogen (secondary N) is 1. The Labute approximate surface area is 238 Å². The van der Waals surface area contributed by atoms with E-state index in [4.69, 9.17) is 15.2 Å². The summed E-state index contributed by atoms with van der Waals surface area (Å²) >= 11 is 0. The third kappa shape index (κ3) is 7.49. The molecule has 0 aliphatic carbocycles. The Morgan fingerprint density at radius 2 is 1.51 bits per heavy atom. The van der Waals surface area contributed by atoms with E-state index in [-0.39, 0.29) is 29.3 Å². The van der Waals surface area contributed by atoms with Gasteiger partial charge in [0.15, 0.2) is 6.61 Å². The van der Waals surface area contributed by atoms with E-state index in [0.29, 0.717) is 17.1 Å². The Hall–Kier alpha value is -5.16. The highest BCUT2D eigenvalue weighted by Gasteiger charge is 2.28. The summed E-state index contributed by atoms with van der Waals surface area (Å²) in [6.07, 6.45) is 1.42. The smallest absolute Gasteiger partial charge is 0.273 e. The van der Waals surface area contributed by atoms with Crippen LogP contribution in [0.3, 0.4) is 0 Å². The molecule has 10 nitrogen and oxygen atoms in total. The van der Waals surface area contributed by atoms with Crippen molar-refractivity contribution in [2.45, 2.75) is 11.4 Å². The first-order valence-corrected chi connectivity index (χ1v) is 13.9. The lowest BCUT2D eigenvalue weighted by atomic mass is 10.1.